The van der Waals surface area contributed by atoms with Crippen LogP contribution in [0.4, 0.5) is 0 Å². The molecule has 0 aliphatic carbocycles. The number of rotatable bonds is 58. The molecule has 21 N–H and O–H groups in total. The molecule has 0 radical (unpaired) electrons. The summed E-state index contributed by atoms with van der Waals surface area (Å²) in [6.07, 6.45) is -11.4. The van der Waals surface area contributed by atoms with Crippen molar-refractivity contribution in [2.24, 2.45) is 0 Å². The maximum absolute atomic E-state index is 13.6. The first-order valence-electron chi connectivity index (χ1n) is 43.6. The van der Waals surface area contributed by atoms with Gasteiger partial charge in [-0.15, -0.1) is 0 Å². The maximum Gasteiger partial charge on any atom is 0.220 e. The molecule has 6 rings (SSSR count). The van der Waals surface area contributed by atoms with E-state index in [4.69, 9.17) is 56.8 Å². The van der Waals surface area contributed by atoms with Crippen molar-refractivity contribution in [3.05, 3.63) is 24.3 Å². The van der Waals surface area contributed by atoms with Crippen LogP contribution in [0.15, 0.2) is 24.3 Å². The average Bonchev–Trinajstić information content (AvgIpc) is 0.762. The van der Waals surface area contributed by atoms with E-state index in [0.717, 1.165) is 58.3 Å². The maximum atomic E-state index is 13.6. The Bertz CT molecular complexity index is 2670. The van der Waals surface area contributed by atoms with Crippen LogP contribution < -0.4 is 10.6 Å². The summed E-state index contributed by atoms with van der Waals surface area (Å²) >= 11 is 0. The number of aliphatic hydroxyl groups excluding tert-OH is 19. The molecule has 6 heterocycles. The van der Waals surface area contributed by atoms with Crippen molar-refractivity contribution in [1.82, 2.24) is 10.6 Å². The second kappa shape index (κ2) is 56.9. The van der Waals surface area contributed by atoms with Gasteiger partial charge in [-0.1, -0.05) is 205 Å². The minimum atomic E-state index is -2.30. The molecule has 0 spiro atoms. The number of ether oxygens (including phenoxy) is 12. The molecule has 32 atom stereocenters. The van der Waals surface area contributed by atoms with Crippen LogP contribution in [0.1, 0.15) is 239 Å². The monoisotopic (exact) mass is 1690 g/mol. The van der Waals surface area contributed by atoms with Crippen molar-refractivity contribution in [2.45, 2.75) is 435 Å². The summed E-state index contributed by atoms with van der Waals surface area (Å²) in [6, 6.07) is -2.92. The lowest BCUT2D eigenvalue weighted by Gasteiger charge is -2.50. The van der Waals surface area contributed by atoms with Crippen molar-refractivity contribution < 1.29 is 163 Å². The Morgan fingerprint density at radius 2 is 0.641 bits per heavy atom. The Kier molecular flexibility index (Phi) is 50.1. The smallest absolute Gasteiger partial charge is 0.220 e. The summed E-state index contributed by atoms with van der Waals surface area (Å²) in [7, 11) is 0. The minimum Gasteiger partial charge on any atom is -0.394 e. The van der Waals surface area contributed by atoms with Crippen LogP contribution >= 0.6 is 0 Å². The molecule has 0 aromatic rings. The first-order valence-corrected chi connectivity index (χ1v) is 43.6. The highest BCUT2D eigenvalue weighted by Crippen LogP contribution is 2.38. The van der Waals surface area contributed by atoms with E-state index >= 15 is 0 Å². The van der Waals surface area contributed by atoms with Crippen molar-refractivity contribution in [1.29, 1.82) is 0 Å². The standard InChI is InChI=1S/C82H148N2O33/c1-4-6-8-10-12-14-16-18-19-20-21-22-23-24-25-26-27-29-31-33-35-37-39-41-58(93)84-50(51(92)40-38-36-34-32-30-28-17-15-13-11-9-7-5-2)48-106-78-68(102)66(100)72(57(47-90)112-78)113-80-70(104)76(64(98)55(45-88)109-80)117-82-69(103)74(62(96)54(44-87)111-82)115-77-59(83-49(3)91)73(61(95)53(43-86)107-77)114-81-71(105)75(63(97)56(46-89)110-81)116-79-67(101)65(99)60(94)52(42-85)108-79/h18-19,38,40,50-57,59-82,85-90,92,94-105H,4-17,20-37,39,41-48H2,1-3H3,(H,83,91)(H,84,93)/b19-18-,40-38+/t50-,51+,52?,53?,54?,55?,56?,57?,59?,60-,61-,62-,63-,64-,65-,66+,67?,68?,69?,70?,71?,72+,73+,74-,75-,76-,77-,78+,79+,80-,81-,82+/m0/s1. The number of aliphatic hydroxyl groups is 19. The predicted octanol–water partition coefficient (Wildman–Crippen LogP) is 0.329. The van der Waals surface area contributed by atoms with Crippen LogP contribution in [-0.2, 0) is 66.4 Å². The highest BCUT2D eigenvalue weighted by molar-refractivity contribution is 5.76. The highest BCUT2D eigenvalue weighted by Gasteiger charge is 2.59. The van der Waals surface area contributed by atoms with Gasteiger partial charge in [-0.05, 0) is 44.9 Å². The fourth-order valence-electron chi connectivity index (χ4n) is 15.8. The fourth-order valence-corrected chi connectivity index (χ4v) is 15.8. The van der Waals surface area contributed by atoms with E-state index in [1.54, 1.807) is 6.08 Å². The molecule has 35 nitrogen and oxygen atoms in total. The lowest BCUT2D eigenvalue weighted by molar-refractivity contribution is -0.392. The number of carbonyl (C=O) groups excluding carboxylic acids is 2. The number of allylic oxidation sites excluding steroid dienone is 3. The summed E-state index contributed by atoms with van der Waals surface area (Å²) in [4.78, 5) is 26.6. The number of amides is 2. The molecule has 35 heteroatoms. The molecular formula is C82H148N2O33. The lowest BCUT2D eigenvalue weighted by Crippen LogP contribution is -2.70. The lowest BCUT2D eigenvalue weighted by atomic mass is 9.94. The van der Waals surface area contributed by atoms with Crippen molar-refractivity contribution in [2.75, 3.05) is 46.2 Å². The van der Waals surface area contributed by atoms with Crippen molar-refractivity contribution in [3.8, 4) is 0 Å². The number of unbranched alkanes of at least 4 members (excludes halogenated alkanes) is 30. The molecular weight excluding hydrogens is 1540 g/mol. The Balaban J connectivity index is 1.05. The van der Waals surface area contributed by atoms with Crippen LogP contribution in [-0.4, -0.2) is 351 Å². The Morgan fingerprint density at radius 1 is 0.333 bits per heavy atom. The van der Waals surface area contributed by atoms with Crippen molar-refractivity contribution >= 4 is 11.8 Å². The molecule has 6 saturated heterocycles. The SMILES string of the molecule is CCCCCCCC/C=C\CCCCCCCCCCCCCCCC(=O)N[C@@H](CO[C@@H]1OC(CO)[C@@H](O[C@@H]2OC(CO)[C@H](O)[C@H](O[C@H]3OC(CO)[C@H](O)[C@H](O[C@@H]4OC(CO)[C@H](O)[C@H](O[C@@H]5OC(CO)[C@H](O)[C@H](O[C@H]6OC(CO)[C@H](O)[C@H](O)C6O)C5O)C4NC(C)=O)C3O)C2O)[C@H](O)C1O)[C@H](O)/C=C/CCCCCCCCCCCCC. The Morgan fingerprint density at radius 3 is 1.03 bits per heavy atom. The number of carbonyl (C=O) groups is 2. The summed E-state index contributed by atoms with van der Waals surface area (Å²) < 4.78 is 70.3. The Hall–Kier alpha value is -2.82. The van der Waals surface area contributed by atoms with Crippen molar-refractivity contribution in [3.63, 3.8) is 0 Å². The van der Waals surface area contributed by atoms with Gasteiger partial charge in [-0.3, -0.25) is 9.59 Å². The Labute approximate surface area is 689 Å². The van der Waals surface area contributed by atoms with Gasteiger partial charge in [-0.25, -0.2) is 0 Å². The van der Waals surface area contributed by atoms with Gasteiger partial charge in [-0.2, -0.15) is 0 Å². The molecule has 6 fully saturated rings. The van der Waals surface area contributed by atoms with Crippen LogP contribution in [0.5, 0.6) is 0 Å². The fraction of sp³-hybridized carbons (Fsp3) is 0.927. The summed E-state index contributed by atoms with van der Waals surface area (Å²) in [5.74, 6) is -1.23. The molecule has 0 bridgehead atoms. The van der Waals surface area contributed by atoms with Gasteiger partial charge in [0.05, 0.1) is 58.4 Å². The zero-order valence-corrected chi connectivity index (χ0v) is 69.0. The predicted molar refractivity (Wildman–Crippen MR) is 419 cm³/mol. The largest absolute Gasteiger partial charge is 0.394 e. The van der Waals surface area contributed by atoms with E-state index < -0.39 is 248 Å². The van der Waals surface area contributed by atoms with Gasteiger partial charge in [0.1, 0.15) is 146 Å². The first kappa shape index (κ1) is 103. The molecule has 684 valence electrons. The first-order chi connectivity index (χ1) is 56.4. The van der Waals surface area contributed by atoms with E-state index in [1.165, 1.54) is 148 Å². The molecule has 0 aromatic heterocycles. The van der Waals surface area contributed by atoms with E-state index in [9.17, 15) is 107 Å². The number of hydrogen-bond acceptors (Lipinski definition) is 33. The normalized spacial score (nSPS) is 36.3. The minimum absolute atomic E-state index is 0.171. The van der Waals surface area contributed by atoms with Gasteiger partial charge >= 0.3 is 0 Å². The zero-order valence-electron chi connectivity index (χ0n) is 69.0. The van der Waals surface area contributed by atoms with Gasteiger partial charge in [0, 0.05) is 13.3 Å². The molecule has 0 saturated carbocycles. The quantitative estimate of drug-likeness (QED) is 0.0288. The zero-order chi connectivity index (χ0) is 85.3. The summed E-state index contributed by atoms with van der Waals surface area (Å²) in [5, 5.41) is 216. The molecule has 117 heavy (non-hydrogen) atoms. The third-order valence-electron chi connectivity index (χ3n) is 23.0. The van der Waals surface area contributed by atoms with E-state index in [1.807, 2.05) is 6.08 Å². The average molecular weight is 1690 g/mol. The number of hydrogen-bond donors (Lipinski definition) is 21. The third-order valence-corrected chi connectivity index (χ3v) is 23.0. The van der Waals surface area contributed by atoms with Crippen LogP contribution in [0.25, 0.3) is 0 Å². The second-order valence-electron chi connectivity index (χ2n) is 32.4. The summed E-state index contributed by atoms with van der Waals surface area (Å²) in [5.41, 5.74) is 0. The van der Waals surface area contributed by atoms with E-state index in [2.05, 4.69) is 36.6 Å². The number of nitrogens with one attached hydrogen (secondary N) is 2. The van der Waals surface area contributed by atoms with Gasteiger partial charge in [0.2, 0.25) is 11.8 Å². The topological polar surface area (TPSA) is 553 Å². The van der Waals surface area contributed by atoms with Crippen LogP contribution in [0.3, 0.4) is 0 Å². The van der Waals surface area contributed by atoms with Crippen LogP contribution in [0.2, 0.25) is 0 Å². The van der Waals surface area contributed by atoms with Gasteiger partial charge < -0.3 is 164 Å². The van der Waals surface area contributed by atoms with E-state index in [-0.39, 0.29) is 12.3 Å². The van der Waals surface area contributed by atoms with Gasteiger partial charge in [0.25, 0.3) is 0 Å². The molecule has 12 unspecified atom stereocenters. The molecule has 2 amide bonds. The molecule has 6 aliphatic rings. The van der Waals surface area contributed by atoms with E-state index in [0.29, 0.717) is 12.8 Å². The van der Waals surface area contributed by atoms with Gasteiger partial charge in [0.15, 0.2) is 37.7 Å². The highest BCUT2D eigenvalue weighted by atomic mass is 16.8. The van der Waals surface area contributed by atoms with Crippen LogP contribution in [0, 0.1) is 0 Å². The third kappa shape index (κ3) is 32.9. The molecule has 6 aliphatic heterocycles. The second-order valence-corrected chi connectivity index (χ2v) is 32.4. The summed E-state index contributed by atoms with van der Waals surface area (Å²) in [6.45, 7) is -0.989. The molecule has 0 aromatic carbocycles.